The number of azo groups is 2. The molecule has 12 nitrogen and oxygen atoms in total. The first-order valence-electron chi connectivity index (χ1n) is 15.2. The minimum atomic E-state index is -5.25. The van der Waals surface area contributed by atoms with Gasteiger partial charge in [0.1, 0.15) is 22.7 Å². The molecule has 6 rings (SSSR count). The molecule has 0 aliphatic carbocycles. The number of anilines is 2. The maximum atomic E-state index is 13.5. The standard InChI is InChI=1S/C36H22F6N6O6/c37-35(38,39)53-29-13-17(9-11-25(29)45-47-27-15-23(33(49)50)19-5-1-3-7-21(19)31(27)43)18-10-12-26(30(14-18)54-36(40,41)42)46-48-28-16-24(34(51)52)20-6-2-4-8-22(20)32(28)44/h1-16H,43-44H2,(H,49,50)(H,51,52)/b47-45+,48-46+. The number of nitrogens with two attached hydrogens (primary N) is 2. The van der Waals surface area contributed by atoms with Gasteiger partial charge in [0.15, 0.2) is 11.5 Å². The minimum Gasteiger partial charge on any atom is -0.478 e. The molecule has 0 radical (unpaired) electrons. The number of hydrogen-bond acceptors (Lipinski definition) is 10. The molecule has 0 spiro atoms. The molecule has 6 aromatic rings. The average Bonchev–Trinajstić information content (AvgIpc) is 3.10. The summed E-state index contributed by atoms with van der Waals surface area (Å²) in [7, 11) is 0. The SMILES string of the molecule is Nc1c(/N=N/c2ccc(-c3ccc(/N=N/c4cc(C(=O)O)c5ccccc5c4N)c(OC(F)(F)F)c3)cc2OC(F)(F)F)cc(C(=O)O)c2ccccc12. The van der Waals surface area contributed by atoms with Crippen LogP contribution >= 0.6 is 0 Å². The lowest BCUT2D eigenvalue weighted by Crippen LogP contribution is -2.17. The second-order valence-electron chi connectivity index (χ2n) is 11.3. The zero-order valence-electron chi connectivity index (χ0n) is 27.0. The van der Waals surface area contributed by atoms with Crippen LogP contribution in [0, 0.1) is 0 Å². The van der Waals surface area contributed by atoms with Gasteiger partial charge in [-0.1, -0.05) is 60.7 Å². The van der Waals surface area contributed by atoms with E-state index in [4.69, 9.17) is 11.5 Å². The third kappa shape index (κ3) is 7.81. The van der Waals surface area contributed by atoms with E-state index in [1.54, 1.807) is 24.3 Å². The first-order chi connectivity index (χ1) is 25.5. The highest BCUT2D eigenvalue weighted by atomic mass is 19.4. The normalized spacial score (nSPS) is 12.2. The third-order valence-electron chi connectivity index (χ3n) is 7.82. The minimum absolute atomic E-state index is 0.00526. The van der Waals surface area contributed by atoms with Crippen LogP contribution in [0.3, 0.4) is 0 Å². The van der Waals surface area contributed by atoms with E-state index in [1.165, 1.54) is 36.4 Å². The van der Waals surface area contributed by atoms with Gasteiger partial charge >= 0.3 is 24.7 Å². The van der Waals surface area contributed by atoms with E-state index in [0.29, 0.717) is 21.5 Å². The number of benzene rings is 6. The van der Waals surface area contributed by atoms with Gasteiger partial charge < -0.3 is 31.2 Å². The summed E-state index contributed by atoms with van der Waals surface area (Å²) in [6, 6.07) is 20.8. The lowest BCUT2D eigenvalue weighted by atomic mass is 10.0. The van der Waals surface area contributed by atoms with E-state index in [0.717, 1.165) is 36.4 Å². The molecule has 54 heavy (non-hydrogen) atoms. The van der Waals surface area contributed by atoms with Crippen molar-refractivity contribution in [3.63, 3.8) is 0 Å². The van der Waals surface area contributed by atoms with E-state index >= 15 is 0 Å². The highest BCUT2D eigenvalue weighted by Crippen LogP contribution is 2.43. The van der Waals surface area contributed by atoms with Crippen LogP contribution in [0.5, 0.6) is 11.5 Å². The number of carboxylic acids is 2. The summed E-state index contributed by atoms with van der Waals surface area (Å²) in [5.74, 6) is -4.46. The van der Waals surface area contributed by atoms with Crippen molar-refractivity contribution >= 4 is 67.6 Å². The summed E-state index contributed by atoms with van der Waals surface area (Å²) in [5, 5.41) is 36.0. The molecule has 0 aliphatic rings. The Bertz CT molecular complexity index is 2360. The zero-order valence-corrected chi connectivity index (χ0v) is 27.0. The first-order valence-corrected chi connectivity index (χ1v) is 15.2. The second-order valence-corrected chi connectivity index (χ2v) is 11.3. The Morgan fingerprint density at radius 2 is 0.833 bits per heavy atom. The van der Waals surface area contributed by atoms with Crippen LogP contribution in [-0.2, 0) is 0 Å². The summed E-state index contributed by atoms with van der Waals surface area (Å²) in [6.07, 6.45) is -10.5. The van der Waals surface area contributed by atoms with Gasteiger partial charge in [0.25, 0.3) is 0 Å². The Kier molecular flexibility index (Phi) is 9.51. The number of carboxylic acid groups (broad SMARTS) is 2. The van der Waals surface area contributed by atoms with Gasteiger partial charge in [-0.2, -0.15) is 0 Å². The number of halogens is 6. The van der Waals surface area contributed by atoms with Gasteiger partial charge in [0.2, 0.25) is 0 Å². The predicted octanol–water partition coefficient (Wildman–Crippen LogP) is 10.8. The molecule has 18 heteroatoms. The number of hydrogen-bond donors (Lipinski definition) is 4. The Morgan fingerprint density at radius 1 is 0.500 bits per heavy atom. The summed E-state index contributed by atoms with van der Waals surface area (Å²) in [4.78, 5) is 23.8. The molecule has 6 N–H and O–H groups in total. The van der Waals surface area contributed by atoms with Gasteiger partial charge in [-0.05, 0) is 58.3 Å². The number of nitrogens with zero attached hydrogens (tertiary/aromatic N) is 4. The van der Waals surface area contributed by atoms with Crippen LogP contribution in [0.15, 0.2) is 118 Å². The van der Waals surface area contributed by atoms with Gasteiger partial charge in [0, 0.05) is 10.8 Å². The van der Waals surface area contributed by atoms with Crippen molar-refractivity contribution < 1.29 is 55.6 Å². The molecule has 0 saturated heterocycles. The molecular formula is C36H22F6N6O6. The Morgan fingerprint density at radius 3 is 1.17 bits per heavy atom. The van der Waals surface area contributed by atoms with Gasteiger partial charge in [-0.3, -0.25) is 0 Å². The second kappa shape index (κ2) is 14.1. The van der Waals surface area contributed by atoms with Crippen molar-refractivity contribution in [2.75, 3.05) is 11.5 Å². The lowest BCUT2D eigenvalue weighted by molar-refractivity contribution is -0.275. The van der Waals surface area contributed by atoms with Crippen molar-refractivity contribution in [2.24, 2.45) is 20.5 Å². The van der Waals surface area contributed by atoms with Crippen LogP contribution in [0.4, 0.5) is 60.5 Å². The molecule has 0 bridgehead atoms. The molecule has 0 amide bonds. The number of ether oxygens (including phenoxy) is 2. The van der Waals surface area contributed by atoms with Crippen molar-refractivity contribution in [2.45, 2.75) is 12.7 Å². The third-order valence-corrected chi connectivity index (χ3v) is 7.82. The highest BCUT2D eigenvalue weighted by molar-refractivity contribution is 6.11. The van der Waals surface area contributed by atoms with E-state index in [1.807, 2.05) is 0 Å². The summed E-state index contributed by atoms with van der Waals surface area (Å²) >= 11 is 0. The molecule has 0 heterocycles. The van der Waals surface area contributed by atoms with Crippen LogP contribution in [-0.4, -0.2) is 34.9 Å². The Balaban J connectivity index is 1.40. The van der Waals surface area contributed by atoms with E-state index in [2.05, 4.69) is 29.9 Å². The molecule has 0 saturated carbocycles. The van der Waals surface area contributed by atoms with Crippen LogP contribution in [0.2, 0.25) is 0 Å². The molecule has 0 unspecified atom stereocenters. The van der Waals surface area contributed by atoms with Gasteiger partial charge in [-0.15, -0.1) is 46.8 Å². The predicted molar refractivity (Wildman–Crippen MR) is 184 cm³/mol. The maximum absolute atomic E-state index is 13.5. The quantitative estimate of drug-likeness (QED) is 0.0636. The molecule has 274 valence electrons. The molecule has 6 aromatic carbocycles. The monoisotopic (exact) mass is 748 g/mol. The fourth-order valence-electron chi connectivity index (χ4n) is 5.47. The number of rotatable bonds is 9. The Labute approximate surface area is 298 Å². The number of alkyl halides is 6. The topological polar surface area (TPSA) is 195 Å². The van der Waals surface area contributed by atoms with Crippen LogP contribution < -0.4 is 20.9 Å². The van der Waals surface area contributed by atoms with E-state index in [-0.39, 0.29) is 45.0 Å². The number of aromatic carboxylic acids is 2. The molecule has 0 atom stereocenters. The van der Waals surface area contributed by atoms with Crippen molar-refractivity contribution in [3.05, 3.63) is 108 Å². The average molecular weight is 749 g/mol. The summed E-state index contributed by atoms with van der Waals surface area (Å²) in [5.41, 5.74) is 10.4. The number of carbonyl (C=O) groups is 2. The van der Waals surface area contributed by atoms with E-state index < -0.39 is 47.5 Å². The first kappa shape index (κ1) is 36.5. The highest BCUT2D eigenvalue weighted by Gasteiger charge is 2.34. The fourth-order valence-corrected chi connectivity index (χ4v) is 5.47. The fraction of sp³-hybridized carbons (Fsp3) is 0.0556. The smallest absolute Gasteiger partial charge is 0.478 e. The maximum Gasteiger partial charge on any atom is 0.573 e. The summed E-state index contributed by atoms with van der Waals surface area (Å²) < 4.78 is 89.4. The Hall–Kier alpha value is -7.24. The van der Waals surface area contributed by atoms with Gasteiger partial charge in [0.05, 0.1) is 22.5 Å². The van der Waals surface area contributed by atoms with Crippen LogP contribution in [0.25, 0.3) is 32.7 Å². The number of fused-ring (bicyclic) bond motifs is 2. The van der Waals surface area contributed by atoms with Crippen molar-refractivity contribution in [3.8, 4) is 22.6 Å². The van der Waals surface area contributed by atoms with Crippen molar-refractivity contribution in [1.29, 1.82) is 0 Å². The molecule has 0 fully saturated rings. The van der Waals surface area contributed by atoms with Crippen LogP contribution in [0.1, 0.15) is 20.7 Å². The molecular weight excluding hydrogens is 726 g/mol. The van der Waals surface area contributed by atoms with Crippen molar-refractivity contribution in [1.82, 2.24) is 0 Å². The number of nitrogen functional groups attached to an aromatic ring is 2. The summed E-state index contributed by atoms with van der Waals surface area (Å²) in [6.45, 7) is 0. The van der Waals surface area contributed by atoms with Gasteiger partial charge in [-0.25, -0.2) is 9.59 Å². The lowest BCUT2D eigenvalue weighted by Gasteiger charge is -2.15. The largest absolute Gasteiger partial charge is 0.573 e. The zero-order chi connectivity index (χ0) is 38.9. The van der Waals surface area contributed by atoms with E-state index in [9.17, 15) is 46.1 Å². The molecule has 0 aliphatic heterocycles. The molecule has 0 aromatic heterocycles.